The monoisotopic (exact) mass is 284 g/mol. The number of nitrogens with two attached hydrogens (primary N) is 2. The van der Waals surface area contributed by atoms with Gasteiger partial charge in [-0.05, 0) is 25.1 Å². The van der Waals surface area contributed by atoms with E-state index in [1.807, 2.05) is 0 Å². The van der Waals surface area contributed by atoms with Crippen molar-refractivity contribution in [2.24, 2.45) is 11.5 Å². The highest BCUT2D eigenvalue weighted by Crippen LogP contribution is 2.34. The summed E-state index contributed by atoms with van der Waals surface area (Å²) < 4.78 is 42.4. The van der Waals surface area contributed by atoms with Crippen molar-refractivity contribution in [2.45, 2.75) is 18.6 Å². The van der Waals surface area contributed by atoms with E-state index < -0.39 is 17.8 Å². The van der Waals surface area contributed by atoms with Crippen LogP contribution in [0.5, 0.6) is 5.75 Å². The number of alkyl halides is 3. The second-order valence-corrected chi connectivity index (χ2v) is 3.64. The van der Waals surface area contributed by atoms with Gasteiger partial charge in [0.2, 0.25) is 0 Å². The molecule has 1 aromatic rings. The summed E-state index contributed by atoms with van der Waals surface area (Å²) in [4.78, 5) is 0. The van der Waals surface area contributed by atoms with E-state index in [9.17, 15) is 13.2 Å². The average molecular weight is 285 g/mol. The van der Waals surface area contributed by atoms with Crippen molar-refractivity contribution in [3.8, 4) is 5.75 Å². The third kappa shape index (κ3) is 4.04. The SMILES string of the molecule is COc1cc(C(F)(F)F)ccc1[C@@H](N)CCN.Cl. The number of halogens is 4. The maximum absolute atomic E-state index is 12.5. The number of hydrogen-bond acceptors (Lipinski definition) is 3. The maximum Gasteiger partial charge on any atom is 0.416 e. The van der Waals surface area contributed by atoms with Crippen LogP contribution in [0.4, 0.5) is 13.2 Å². The Hall–Kier alpha value is -0.980. The summed E-state index contributed by atoms with van der Waals surface area (Å²) in [6, 6.07) is 2.86. The van der Waals surface area contributed by atoms with Crippen LogP contribution in [0.1, 0.15) is 23.6 Å². The Labute approximate surface area is 110 Å². The molecule has 1 aromatic carbocycles. The van der Waals surface area contributed by atoms with Crippen LogP contribution in [-0.4, -0.2) is 13.7 Å². The maximum atomic E-state index is 12.5. The van der Waals surface area contributed by atoms with Crippen LogP contribution in [0, 0.1) is 0 Å². The highest BCUT2D eigenvalue weighted by Gasteiger charge is 2.31. The summed E-state index contributed by atoms with van der Waals surface area (Å²) in [6.45, 7) is 0.366. The Kier molecular flexibility index (Phi) is 6.45. The van der Waals surface area contributed by atoms with Gasteiger partial charge < -0.3 is 16.2 Å². The molecule has 0 aliphatic carbocycles. The molecular formula is C11H16ClF3N2O. The molecule has 0 radical (unpaired) electrons. The summed E-state index contributed by atoms with van der Waals surface area (Å²) in [5.74, 6) is 0.140. The molecule has 0 fully saturated rings. The lowest BCUT2D eigenvalue weighted by molar-refractivity contribution is -0.137. The van der Waals surface area contributed by atoms with E-state index in [1.54, 1.807) is 0 Å². The lowest BCUT2D eigenvalue weighted by Gasteiger charge is -2.17. The van der Waals surface area contributed by atoms with Gasteiger partial charge in [0.15, 0.2) is 0 Å². The lowest BCUT2D eigenvalue weighted by atomic mass is 10.0. The Morgan fingerprint density at radius 1 is 1.33 bits per heavy atom. The third-order valence-corrected chi connectivity index (χ3v) is 2.44. The van der Waals surface area contributed by atoms with Crippen molar-refractivity contribution in [1.29, 1.82) is 0 Å². The van der Waals surface area contributed by atoms with Crippen molar-refractivity contribution >= 4 is 12.4 Å². The van der Waals surface area contributed by atoms with Crippen LogP contribution < -0.4 is 16.2 Å². The molecule has 7 heteroatoms. The van der Waals surface area contributed by atoms with Crippen LogP contribution in [0.2, 0.25) is 0 Å². The Balaban J connectivity index is 0.00000289. The molecule has 0 spiro atoms. The predicted molar refractivity (Wildman–Crippen MR) is 65.8 cm³/mol. The van der Waals surface area contributed by atoms with Gasteiger partial charge >= 0.3 is 6.18 Å². The quantitative estimate of drug-likeness (QED) is 0.893. The molecule has 1 atom stereocenters. The molecule has 0 saturated carbocycles. The normalized spacial score (nSPS) is 12.8. The number of rotatable bonds is 4. The van der Waals surface area contributed by atoms with E-state index in [2.05, 4.69) is 0 Å². The minimum absolute atomic E-state index is 0. The minimum atomic E-state index is -4.39. The summed E-state index contributed by atoms with van der Waals surface area (Å²) >= 11 is 0. The highest BCUT2D eigenvalue weighted by atomic mass is 35.5. The fraction of sp³-hybridized carbons (Fsp3) is 0.455. The largest absolute Gasteiger partial charge is 0.496 e. The minimum Gasteiger partial charge on any atom is -0.496 e. The molecule has 1 rings (SSSR count). The molecular weight excluding hydrogens is 269 g/mol. The van der Waals surface area contributed by atoms with E-state index in [4.69, 9.17) is 16.2 Å². The van der Waals surface area contributed by atoms with Crippen molar-refractivity contribution in [2.75, 3.05) is 13.7 Å². The van der Waals surface area contributed by atoms with Crippen molar-refractivity contribution < 1.29 is 17.9 Å². The topological polar surface area (TPSA) is 61.3 Å². The summed E-state index contributed by atoms with van der Waals surface area (Å²) in [6.07, 6.45) is -3.90. The average Bonchev–Trinajstić information content (AvgIpc) is 2.27. The number of hydrogen-bond donors (Lipinski definition) is 2. The standard InChI is InChI=1S/C11H15F3N2O.ClH/c1-17-10-6-7(11(12,13)14)2-3-8(10)9(16)4-5-15;/h2-3,6,9H,4-5,15-16H2,1H3;1H/t9-;/m0./s1. The predicted octanol–water partition coefficient (Wildman–Crippen LogP) is 2.48. The lowest BCUT2D eigenvalue weighted by Crippen LogP contribution is -2.16. The van der Waals surface area contributed by atoms with Crippen molar-refractivity contribution in [3.05, 3.63) is 29.3 Å². The van der Waals surface area contributed by atoms with Crippen LogP contribution in [0.3, 0.4) is 0 Å². The van der Waals surface area contributed by atoms with Crippen molar-refractivity contribution in [3.63, 3.8) is 0 Å². The molecule has 0 aliphatic heterocycles. The van der Waals surface area contributed by atoms with E-state index in [0.717, 1.165) is 12.1 Å². The molecule has 0 aliphatic rings. The third-order valence-electron chi connectivity index (χ3n) is 2.44. The number of ether oxygens (including phenoxy) is 1. The Morgan fingerprint density at radius 2 is 1.94 bits per heavy atom. The van der Waals surface area contributed by atoms with E-state index in [1.165, 1.54) is 13.2 Å². The van der Waals surface area contributed by atoms with E-state index in [-0.39, 0.29) is 18.2 Å². The Morgan fingerprint density at radius 3 is 2.39 bits per heavy atom. The van der Waals surface area contributed by atoms with Gasteiger partial charge in [0.25, 0.3) is 0 Å². The first-order chi connectivity index (χ1) is 7.90. The van der Waals surface area contributed by atoms with Gasteiger partial charge in [0.1, 0.15) is 5.75 Å². The van der Waals surface area contributed by atoms with Gasteiger partial charge in [-0.25, -0.2) is 0 Å². The van der Waals surface area contributed by atoms with Gasteiger partial charge in [-0.2, -0.15) is 13.2 Å². The molecule has 0 unspecified atom stereocenters. The first kappa shape index (κ1) is 17.0. The molecule has 3 nitrogen and oxygen atoms in total. The second-order valence-electron chi connectivity index (χ2n) is 3.64. The molecule has 4 N–H and O–H groups in total. The molecule has 0 heterocycles. The molecule has 0 saturated heterocycles. The van der Waals surface area contributed by atoms with Gasteiger partial charge in [-0.15, -0.1) is 12.4 Å². The van der Waals surface area contributed by atoms with Crippen molar-refractivity contribution in [1.82, 2.24) is 0 Å². The summed E-state index contributed by atoms with van der Waals surface area (Å²) in [7, 11) is 1.31. The first-order valence-electron chi connectivity index (χ1n) is 5.11. The molecule has 18 heavy (non-hydrogen) atoms. The van der Waals surface area contributed by atoms with E-state index in [0.29, 0.717) is 18.5 Å². The fourth-order valence-corrected chi connectivity index (χ4v) is 1.53. The number of methoxy groups -OCH3 is 1. The molecule has 0 amide bonds. The zero-order chi connectivity index (χ0) is 13.1. The molecule has 0 aromatic heterocycles. The van der Waals surface area contributed by atoms with Crippen LogP contribution in [0.25, 0.3) is 0 Å². The van der Waals surface area contributed by atoms with Gasteiger partial charge in [-0.1, -0.05) is 6.07 Å². The van der Waals surface area contributed by atoms with Gasteiger partial charge in [0, 0.05) is 11.6 Å². The second kappa shape index (κ2) is 6.82. The Bertz CT molecular complexity index is 385. The smallest absolute Gasteiger partial charge is 0.416 e. The summed E-state index contributed by atoms with van der Waals surface area (Å²) in [5.41, 5.74) is 10.9. The molecule has 104 valence electrons. The fourth-order valence-electron chi connectivity index (χ4n) is 1.53. The van der Waals surface area contributed by atoms with Gasteiger partial charge in [-0.3, -0.25) is 0 Å². The highest BCUT2D eigenvalue weighted by molar-refractivity contribution is 5.85. The summed E-state index contributed by atoms with van der Waals surface area (Å²) in [5, 5.41) is 0. The van der Waals surface area contributed by atoms with Gasteiger partial charge in [0.05, 0.1) is 12.7 Å². The van der Waals surface area contributed by atoms with Crippen LogP contribution in [-0.2, 0) is 6.18 Å². The zero-order valence-corrected chi connectivity index (χ0v) is 10.6. The zero-order valence-electron chi connectivity index (χ0n) is 9.83. The van der Waals surface area contributed by atoms with E-state index >= 15 is 0 Å². The number of benzene rings is 1. The van der Waals surface area contributed by atoms with Crippen LogP contribution >= 0.6 is 12.4 Å². The van der Waals surface area contributed by atoms with Crippen LogP contribution in [0.15, 0.2) is 18.2 Å². The first-order valence-corrected chi connectivity index (χ1v) is 5.11. The molecule has 0 bridgehead atoms.